The molecular formula is C18H21N3O2S. The Kier molecular flexibility index (Phi) is 5.25. The molecule has 2 aromatic rings. The fourth-order valence-electron chi connectivity index (χ4n) is 2.93. The topological polar surface area (TPSA) is 45.7 Å². The average molecular weight is 343 g/mol. The summed E-state index contributed by atoms with van der Waals surface area (Å²) in [6.07, 6.45) is 3.67. The van der Waals surface area contributed by atoms with Gasteiger partial charge in [-0.05, 0) is 30.5 Å². The Morgan fingerprint density at radius 3 is 2.58 bits per heavy atom. The monoisotopic (exact) mass is 343 g/mol. The normalized spacial score (nSPS) is 14.6. The van der Waals surface area contributed by atoms with Crippen LogP contribution in [-0.2, 0) is 0 Å². The predicted molar refractivity (Wildman–Crippen MR) is 97.1 cm³/mol. The summed E-state index contributed by atoms with van der Waals surface area (Å²) in [4.78, 5) is 21.2. The number of rotatable bonds is 4. The van der Waals surface area contributed by atoms with Gasteiger partial charge in [0.1, 0.15) is 10.8 Å². The number of thioether (sulfide) groups is 1. The number of pyridine rings is 1. The first-order valence-corrected chi connectivity index (χ1v) is 9.13. The van der Waals surface area contributed by atoms with Crippen LogP contribution in [0.4, 0.5) is 5.69 Å². The molecule has 6 heteroatoms. The summed E-state index contributed by atoms with van der Waals surface area (Å²) in [5.41, 5.74) is 1.77. The van der Waals surface area contributed by atoms with Crippen molar-refractivity contribution in [2.45, 2.75) is 5.03 Å². The number of anilines is 1. The Morgan fingerprint density at radius 2 is 1.88 bits per heavy atom. The molecule has 1 aromatic heterocycles. The maximum absolute atomic E-state index is 12.8. The van der Waals surface area contributed by atoms with E-state index in [4.69, 9.17) is 4.74 Å². The van der Waals surface area contributed by atoms with Crippen LogP contribution in [0.2, 0.25) is 0 Å². The van der Waals surface area contributed by atoms with Gasteiger partial charge in [0.05, 0.1) is 18.4 Å². The van der Waals surface area contributed by atoms with Crippen molar-refractivity contribution in [3.63, 3.8) is 0 Å². The van der Waals surface area contributed by atoms with Crippen molar-refractivity contribution >= 4 is 23.4 Å². The van der Waals surface area contributed by atoms with E-state index in [1.807, 2.05) is 41.5 Å². The van der Waals surface area contributed by atoms with E-state index in [0.29, 0.717) is 18.7 Å². The summed E-state index contributed by atoms with van der Waals surface area (Å²) < 4.78 is 5.44. The van der Waals surface area contributed by atoms with Crippen LogP contribution in [0.1, 0.15) is 10.4 Å². The number of amides is 1. The summed E-state index contributed by atoms with van der Waals surface area (Å²) in [6.45, 7) is 2.97. The van der Waals surface area contributed by atoms with Gasteiger partial charge in [-0.1, -0.05) is 12.1 Å². The van der Waals surface area contributed by atoms with Crippen molar-refractivity contribution in [2.75, 3.05) is 44.4 Å². The Morgan fingerprint density at radius 1 is 1.12 bits per heavy atom. The molecule has 0 atom stereocenters. The average Bonchev–Trinajstić information content (AvgIpc) is 2.67. The quantitative estimate of drug-likeness (QED) is 0.799. The van der Waals surface area contributed by atoms with Crippen LogP contribution in [0, 0.1) is 0 Å². The van der Waals surface area contributed by atoms with Crippen molar-refractivity contribution in [3.05, 3.63) is 48.2 Å². The number of hydrogen-bond acceptors (Lipinski definition) is 5. The third-order valence-corrected chi connectivity index (χ3v) is 4.90. The Labute approximate surface area is 146 Å². The van der Waals surface area contributed by atoms with E-state index in [2.05, 4.69) is 16.0 Å². The second kappa shape index (κ2) is 7.57. The van der Waals surface area contributed by atoms with Crippen LogP contribution < -0.4 is 9.64 Å². The summed E-state index contributed by atoms with van der Waals surface area (Å²) in [6, 6.07) is 11.7. The molecule has 5 nitrogen and oxygen atoms in total. The largest absolute Gasteiger partial charge is 0.495 e. The van der Waals surface area contributed by atoms with Gasteiger partial charge in [0.2, 0.25) is 0 Å². The van der Waals surface area contributed by atoms with Crippen LogP contribution in [-0.4, -0.2) is 55.3 Å². The highest BCUT2D eigenvalue weighted by Gasteiger charge is 2.25. The number of carbonyl (C=O) groups is 1. The zero-order chi connectivity index (χ0) is 16.9. The maximum atomic E-state index is 12.8. The Bertz CT molecular complexity index is 715. The van der Waals surface area contributed by atoms with Crippen LogP contribution in [0.15, 0.2) is 47.6 Å². The minimum absolute atomic E-state index is 0.0622. The highest BCUT2D eigenvalue weighted by molar-refractivity contribution is 7.98. The number of nitrogens with zero attached hydrogens (tertiary/aromatic N) is 3. The third kappa shape index (κ3) is 3.33. The van der Waals surface area contributed by atoms with Crippen molar-refractivity contribution in [3.8, 4) is 5.75 Å². The molecular weight excluding hydrogens is 322 g/mol. The van der Waals surface area contributed by atoms with Crippen molar-refractivity contribution in [1.29, 1.82) is 0 Å². The zero-order valence-electron chi connectivity index (χ0n) is 13.9. The molecule has 1 aliphatic heterocycles. The fourth-order valence-corrected chi connectivity index (χ4v) is 3.47. The summed E-state index contributed by atoms with van der Waals surface area (Å²) in [7, 11) is 1.69. The number of benzene rings is 1. The van der Waals surface area contributed by atoms with Crippen molar-refractivity contribution in [1.82, 2.24) is 9.88 Å². The van der Waals surface area contributed by atoms with Gasteiger partial charge < -0.3 is 14.5 Å². The smallest absolute Gasteiger partial charge is 0.256 e. The van der Waals surface area contributed by atoms with Gasteiger partial charge in [-0.15, -0.1) is 11.8 Å². The van der Waals surface area contributed by atoms with Gasteiger partial charge in [-0.3, -0.25) is 4.79 Å². The van der Waals surface area contributed by atoms with Gasteiger partial charge in [-0.2, -0.15) is 0 Å². The first kappa shape index (κ1) is 16.6. The fraction of sp³-hybridized carbons (Fsp3) is 0.333. The molecule has 0 N–H and O–H groups in total. The number of ether oxygens (including phenoxy) is 1. The number of carbonyl (C=O) groups excluding carboxylic acids is 1. The molecule has 0 saturated carbocycles. The molecule has 1 aromatic carbocycles. The standard InChI is InChI=1S/C18H21N3O2S/c1-23-16-8-4-3-7-15(16)20-10-12-21(13-11-20)18(22)14-6-5-9-19-17(14)24-2/h3-9H,10-13H2,1-2H3. The van der Waals surface area contributed by atoms with E-state index in [1.54, 1.807) is 13.3 Å². The SMILES string of the molecule is COc1ccccc1N1CCN(C(=O)c2cccnc2SC)CC1. The van der Waals surface area contributed by atoms with Gasteiger partial charge in [-0.25, -0.2) is 4.98 Å². The van der Waals surface area contributed by atoms with E-state index >= 15 is 0 Å². The molecule has 1 aliphatic rings. The molecule has 1 fully saturated rings. The van der Waals surface area contributed by atoms with E-state index < -0.39 is 0 Å². The lowest BCUT2D eigenvalue weighted by atomic mass is 10.2. The third-order valence-electron chi connectivity index (χ3n) is 4.19. The van der Waals surface area contributed by atoms with E-state index in [9.17, 15) is 4.79 Å². The minimum atomic E-state index is 0.0622. The van der Waals surface area contributed by atoms with Crippen LogP contribution >= 0.6 is 11.8 Å². The molecule has 24 heavy (non-hydrogen) atoms. The van der Waals surface area contributed by atoms with Crippen LogP contribution in [0.5, 0.6) is 5.75 Å². The van der Waals surface area contributed by atoms with Gasteiger partial charge in [0.15, 0.2) is 0 Å². The predicted octanol–water partition coefficient (Wildman–Crippen LogP) is 2.77. The molecule has 0 aliphatic carbocycles. The molecule has 0 radical (unpaired) electrons. The highest BCUT2D eigenvalue weighted by atomic mass is 32.2. The van der Waals surface area contributed by atoms with Gasteiger partial charge >= 0.3 is 0 Å². The highest BCUT2D eigenvalue weighted by Crippen LogP contribution is 2.28. The maximum Gasteiger partial charge on any atom is 0.256 e. The molecule has 3 rings (SSSR count). The number of piperazine rings is 1. The number of hydrogen-bond donors (Lipinski definition) is 0. The van der Waals surface area contributed by atoms with Crippen molar-refractivity contribution in [2.24, 2.45) is 0 Å². The lowest BCUT2D eigenvalue weighted by molar-refractivity contribution is 0.0742. The first-order valence-electron chi connectivity index (χ1n) is 7.91. The number of methoxy groups -OCH3 is 1. The number of para-hydroxylation sites is 2. The number of aromatic nitrogens is 1. The Balaban J connectivity index is 1.70. The second-order valence-electron chi connectivity index (χ2n) is 5.51. The molecule has 0 unspecified atom stereocenters. The van der Waals surface area contributed by atoms with Crippen LogP contribution in [0.25, 0.3) is 0 Å². The zero-order valence-corrected chi connectivity index (χ0v) is 14.8. The molecule has 1 saturated heterocycles. The summed E-state index contributed by atoms with van der Waals surface area (Å²) in [5.74, 6) is 0.932. The molecule has 0 spiro atoms. The van der Waals surface area contributed by atoms with Gasteiger partial charge in [0, 0.05) is 32.4 Å². The minimum Gasteiger partial charge on any atom is -0.495 e. The lowest BCUT2D eigenvalue weighted by Crippen LogP contribution is -2.49. The summed E-state index contributed by atoms with van der Waals surface area (Å²) in [5, 5.41) is 0.787. The molecule has 126 valence electrons. The first-order chi connectivity index (χ1) is 11.7. The van der Waals surface area contributed by atoms with E-state index in [-0.39, 0.29) is 5.91 Å². The summed E-state index contributed by atoms with van der Waals surface area (Å²) >= 11 is 1.50. The Hall–Kier alpha value is -2.21. The molecule has 0 bridgehead atoms. The lowest BCUT2D eigenvalue weighted by Gasteiger charge is -2.36. The molecule has 1 amide bonds. The van der Waals surface area contributed by atoms with E-state index in [1.165, 1.54) is 11.8 Å². The van der Waals surface area contributed by atoms with E-state index in [0.717, 1.165) is 29.6 Å². The second-order valence-corrected chi connectivity index (χ2v) is 6.31. The van der Waals surface area contributed by atoms with Crippen LogP contribution in [0.3, 0.4) is 0 Å². The van der Waals surface area contributed by atoms with Crippen molar-refractivity contribution < 1.29 is 9.53 Å². The van der Waals surface area contributed by atoms with Gasteiger partial charge in [0.25, 0.3) is 5.91 Å². The molecule has 2 heterocycles.